The normalized spacial score (nSPS) is 33.3. The Hall–Kier alpha value is -0.380. The lowest BCUT2D eigenvalue weighted by Gasteiger charge is -2.38. The molecule has 2 nitrogen and oxygen atoms in total. The third-order valence-electron chi connectivity index (χ3n) is 4.63. The summed E-state index contributed by atoms with van der Waals surface area (Å²) in [6.45, 7) is 8.46. The molecule has 18 heavy (non-hydrogen) atoms. The maximum absolute atomic E-state index is 3.56. The molecule has 1 fully saturated rings. The molecule has 100 valence electrons. The van der Waals surface area contributed by atoms with Gasteiger partial charge in [-0.25, -0.2) is 0 Å². The number of hydrogen-bond donors (Lipinski definition) is 1. The average Bonchev–Trinajstić information content (AvgIpc) is 2.82. The molecule has 0 aliphatic carbocycles. The second-order valence-corrected chi connectivity index (χ2v) is 6.97. The van der Waals surface area contributed by atoms with Gasteiger partial charge in [0.25, 0.3) is 0 Å². The highest BCUT2D eigenvalue weighted by Crippen LogP contribution is 2.34. The van der Waals surface area contributed by atoms with Crippen molar-refractivity contribution in [2.24, 2.45) is 5.92 Å². The fraction of sp³-hybridized carbons (Fsp3) is 0.733. The summed E-state index contributed by atoms with van der Waals surface area (Å²) in [7, 11) is 0. The first kappa shape index (κ1) is 12.6. The van der Waals surface area contributed by atoms with Gasteiger partial charge in [-0.15, -0.1) is 11.3 Å². The lowest BCUT2D eigenvalue weighted by molar-refractivity contribution is 0.145. The SMILES string of the molecule is CC1CC(CN2CCc3sccc3C2C)CCN1. The van der Waals surface area contributed by atoms with E-state index < -0.39 is 0 Å². The quantitative estimate of drug-likeness (QED) is 0.883. The Labute approximate surface area is 114 Å². The molecule has 0 bridgehead atoms. The zero-order valence-corrected chi connectivity index (χ0v) is 12.3. The van der Waals surface area contributed by atoms with Crippen LogP contribution in [0.4, 0.5) is 0 Å². The van der Waals surface area contributed by atoms with Crippen molar-refractivity contribution < 1.29 is 0 Å². The number of thiophene rings is 1. The highest BCUT2D eigenvalue weighted by molar-refractivity contribution is 7.10. The summed E-state index contributed by atoms with van der Waals surface area (Å²) in [6.07, 6.45) is 3.96. The highest BCUT2D eigenvalue weighted by Gasteiger charge is 2.28. The molecule has 0 spiro atoms. The van der Waals surface area contributed by atoms with E-state index in [-0.39, 0.29) is 0 Å². The third-order valence-corrected chi connectivity index (χ3v) is 5.63. The van der Waals surface area contributed by atoms with Gasteiger partial charge in [0.15, 0.2) is 0 Å². The van der Waals surface area contributed by atoms with Crippen LogP contribution in [-0.4, -0.2) is 30.6 Å². The van der Waals surface area contributed by atoms with Gasteiger partial charge < -0.3 is 5.32 Å². The lowest BCUT2D eigenvalue weighted by atomic mass is 9.91. The second-order valence-electron chi connectivity index (χ2n) is 5.97. The third kappa shape index (κ3) is 2.49. The largest absolute Gasteiger partial charge is 0.314 e. The molecular weight excluding hydrogens is 240 g/mol. The van der Waals surface area contributed by atoms with E-state index in [1.807, 2.05) is 11.3 Å². The molecule has 1 aromatic heterocycles. The number of hydrogen-bond acceptors (Lipinski definition) is 3. The zero-order valence-electron chi connectivity index (χ0n) is 11.5. The maximum Gasteiger partial charge on any atom is 0.0331 e. The van der Waals surface area contributed by atoms with E-state index in [4.69, 9.17) is 0 Å². The van der Waals surface area contributed by atoms with Gasteiger partial charge in [0, 0.05) is 30.1 Å². The van der Waals surface area contributed by atoms with E-state index in [1.54, 1.807) is 10.4 Å². The summed E-state index contributed by atoms with van der Waals surface area (Å²) < 4.78 is 0. The van der Waals surface area contributed by atoms with Gasteiger partial charge in [-0.3, -0.25) is 4.90 Å². The maximum atomic E-state index is 3.56. The van der Waals surface area contributed by atoms with E-state index in [1.165, 1.54) is 38.9 Å². The molecule has 1 N–H and O–H groups in total. The predicted molar refractivity (Wildman–Crippen MR) is 78.2 cm³/mol. The van der Waals surface area contributed by atoms with Crippen LogP contribution >= 0.6 is 11.3 Å². The van der Waals surface area contributed by atoms with Gasteiger partial charge in [-0.1, -0.05) is 0 Å². The first-order chi connectivity index (χ1) is 8.74. The first-order valence-electron chi connectivity index (χ1n) is 7.27. The van der Waals surface area contributed by atoms with Gasteiger partial charge in [0.2, 0.25) is 0 Å². The number of piperidine rings is 1. The van der Waals surface area contributed by atoms with Gasteiger partial charge in [0.1, 0.15) is 0 Å². The van der Waals surface area contributed by atoms with Crippen LogP contribution in [0.1, 0.15) is 43.2 Å². The fourth-order valence-electron chi connectivity index (χ4n) is 3.54. The summed E-state index contributed by atoms with van der Waals surface area (Å²) in [4.78, 5) is 4.33. The average molecular weight is 264 g/mol. The van der Waals surface area contributed by atoms with Gasteiger partial charge in [-0.05, 0) is 62.6 Å². The summed E-state index contributed by atoms with van der Waals surface area (Å²) in [5, 5.41) is 5.82. The molecular formula is C15H24N2S. The number of nitrogens with one attached hydrogen (secondary N) is 1. The number of nitrogens with zero attached hydrogens (tertiary/aromatic N) is 1. The van der Waals surface area contributed by atoms with E-state index >= 15 is 0 Å². The Morgan fingerprint density at radius 1 is 1.44 bits per heavy atom. The van der Waals surface area contributed by atoms with Crippen molar-refractivity contribution in [3.8, 4) is 0 Å². The van der Waals surface area contributed by atoms with Crippen LogP contribution in [0.2, 0.25) is 0 Å². The van der Waals surface area contributed by atoms with E-state index in [9.17, 15) is 0 Å². The van der Waals surface area contributed by atoms with Crippen LogP contribution in [0.25, 0.3) is 0 Å². The minimum Gasteiger partial charge on any atom is -0.314 e. The van der Waals surface area contributed by atoms with Crippen LogP contribution in [-0.2, 0) is 6.42 Å². The Kier molecular flexibility index (Phi) is 3.73. The van der Waals surface area contributed by atoms with E-state index in [2.05, 4.69) is 35.5 Å². The molecule has 0 saturated carbocycles. The van der Waals surface area contributed by atoms with Crippen molar-refractivity contribution in [2.45, 2.75) is 45.2 Å². The molecule has 3 heteroatoms. The standard InChI is InChI=1S/C15H24N2S/c1-11-9-13(3-6-16-11)10-17-7-4-15-14(12(17)2)5-8-18-15/h5,8,11-13,16H,3-4,6-7,9-10H2,1-2H3. The van der Waals surface area contributed by atoms with E-state index in [0.717, 1.165) is 5.92 Å². The van der Waals surface area contributed by atoms with E-state index in [0.29, 0.717) is 12.1 Å². The van der Waals surface area contributed by atoms with Gasteiger partial charge >= 0.3 is 0 Å². The minimum atomic E-state index is 0.630. The summed E-state index contributed by atoms with van der Waals surface area (Å²) in [6, 6.07) is 3.67. The van der Waals surface area contributed by atoms with Crippen LogP contribution < -0.4 is 5.32 Å². The van der Waals surface area contributed by atoms with Crippen LogP contribution in [0, 0.1) is 5.92 Å². The molecule has 3 unspecified atom stereocenters. The monoisotopic (exact) mass is 264 g/mol. The lowest BCUT2D eigenvalue weighted by Crippen LogP contribution is -2.42. The molecule has 2 aliphatic heterocycles. The van der Waals surface area contributed by atoms with Crippen molar-refractivity contribution in [2.75, 3.05) is 19.6 Å². The van der Waals surface area contributed by atoms with Gasteiger partial charge in [0.05, 0.1) is 0 Å². The Morgan fingerprint density at radius 2 is 2.33 bits per heavy atom. The molecule has 1 aromatic rings. The first-order valence-corrected chi connectivity index (χ1v) is 8.15. The number of fused-ring (bicyclic) bond motifs is 1. The zero-order chi connectivity index (χ0) is 12.5. The molecule has 0 radical (unpaired) electrons. The number of rotatable bonds is 2. The Balaban J connectivity index is 1.64. The summed E-state index contributed by atoms with van der Waals surface area (Å²) in [5.41, 5.74) is 1.59. The molecule has 0 amide bonds. The topological polar surface area (TPSA) is 15.3 Å². The Morgan fingerprint density at radius 3 is 3.17 bits per heavy atom. The summed E-state index contributed by atoms with van der Waals surface area (Å²) >= 11 is 1.94. The highest BCUT2D eigenvalue weighted by atomic mass is 32.1. The van der Waals surface area contributed by atoms with Crippen LogP contribution in [0.15, 0.2) is 11.4 Å². The molecule has 3 atom stereocenters. The minimum absolute atomic E-state index is 0.630. The Bertz CT molecular complexity index is 401. The molecule has 3 heterocycles. The van der Waals surface area contributed by atoms with Crippen molar-refractivity contribution in [1.82, 2.24) is 10.2 Å². The van der Waals surface area contributed by atoms with Gasteiger partial charge in [-0.2, -0.15) is 0 Å². The van der Waals surface area contributed by atoms with Crippen molar-refractivity contribution in [3.63, 3.8) is 0 Å². The van der Waals surface area contributed by atoms with Crippen molar-refractivity contribution in [3.05, 3.63) is 21.9 Å². The molecule has 3 rings (SSSR count). The fourth-order valence-corrected chi connectivity index (χ4v) is 4.51. The molecule has 1 saturated heterocycles. The van der Waals surface area contributed by atoms with Crippen LogP contribution in [0.3, 0.4) is 0 Å². The van der Waals surface area contributed by atoms with Crippen molar-refractivity contribution in [1.29, 1.82) is 0 Å². The molecule has 2 aliphatic rings. The molecule has 0 aromatic carbocycles. The summed E-state index contributed by atoms with van der Waals surface area (Å²) in [5.74, 6) is 0.892. The van der Waals surface area contributed by atoms with Crippen LogP contribution in [0.5, 0.6) is 0 Å². The predicted octanol–water partition coefficient (Wildman–Crippen LogP) is 3.06. The smallest absolute Gasteiger partial charge is 0.0331 e. The second kappa shape index (κ2) is 5.32. The van der Waals surface area contributed by atoms with Crippen molar-refractivity contribution >= 4 is 11.3 Å².